The number of rotatable bonds is 6. The number of methoxy groups -OCH3 is 1. The van der Waals surface area contributed by atoms with Crippen molar-refractivity contribution in [1.82, 2.24) is 4.90 Å². The first-order valence-electron chi connectivity index (χ1n) is 8.27. The number of allylic oxidation sites excluding steroid dienone is 1. The Balaban J connectivity index is 1.89. The summed E-state index contributed by atoms with van der Waals surface area (Å²) in [6.07, 6.45) is 3.03. The third-order valence-corrected chi connectivity index (χ3v) is 7.39. The monoisotopic (exact) mass is 477 g/mol. The van der Waals surface area contributed by atoms with Crippen LogP contribution in [-0.4, -0.2) is 45.2 Å². The van der Waals surface area contributed by atoms with Crippen LogP contribution in [0.15, 0.2) is 39.8 Å². The number of esters is 1. The number of carbonyl (C=O) groups excluding carboxylic acids is 2. The summed E-state index contributed by atoms with van der Waals surface area (Å²) in [6.45, 7) is 0. The molecule has 0 saturated carbocycles. The van der Waals surface area contributed by atoms with E-state index in [4.69, 9.17) is 34.8 Å². The first kappa shape index (κ1) is 21.8. The number of fused-ring (bicyclic) bond motifs is 1. The van der Waals surface area contributed by atoms with Crippen molar-refractivity contribution >= 4 is 63.4 Å². The molecule has 0 spiro atoms. The Kier molecular flexibility index (Phi) is 6.38. The van der Waals surface area contributed by atoms with Gasteiger partial charge in [-0.05, 0) is 18.6 Å². The van der Waals surface area contributed by atoms with Crippen LogP contribution < -0.4 is 0 Å². The second kappa shape index (κ2) is 8.47. The summed E-state index contributed by atoms with van der Waals surface area (Å²) in [4.78, 5) is 36.8. The highest BCUT2D eigenvalue weighted by molar-refractivity contribution is 7.89. The summed E-state index contributed by atoms with van der Waals surface area (Å²) >= 11 is 18.0. The lowest BCUT2D eigenvalue weighted by atomic mass is 9.84. The molecule has 1 aromatic carbocycles. The van der Waals surface area contributed by atoms with E-state index in [-0.39, 0.29) is 43.4 Å². The molecule has 1 N–H and O–H groups in total. The van der Waals surface area contributed by atoms with Crippen LogP contribution in [0.25, 0.3) is 0 Å². The van der Waals surface area contributed by atoms with Crippen LogP contribution >= 0.6 is 34.8 Å². The molecule has 0 bridgehead atoms. The van der Waals surface area contributed by atoms with Crippen molar-refractivity contribution in [3.05, 3.63) is 50.0 Å². The van der Waals surface area contributed by atoms with Crippen molar-refractivity contribution in [3.63, 3.8) is 0 Å². The molecule has 1 amide bonds. The molecular formula is C18H14Cl3NO6S. The van der Waals surface area contributed by atoms with Gasteiger partial charge in [0.2, 0.25) is 5.91 Å². The zero-order chi connectivity index (χ0) is 21.5. The number of β-lactam (4-membered cyclic amide) rings is 1. The van der Waals surface area contributed by atoms with Gasteiger partial charge in [0.05, 0.1) is 54.7 Å². The lowest BCUT2D eigenvalue weighted by molar-refractivity contribution is -0.154. The number of hydrogen-bond donors (Lipinski definition) is 1. The van der Waals surface area contributed by atoms with Crippen molar-refractivity contribution in [2.75, 3.05) is 7.11 Å². The average Bonchev–Trinajstić information content (AvgIpc) is 3.03. The lowest BCUT2D eigenvalue weighted by Crippen LogP contribution is -2.58. The largest absolute Gasteiger partial charge is 0.477 e. The Morgan fingerprint density at radius 1 is 1.28 bits per heavy atom. The number of ether oxygens (including phenoxy) is 1. The lowest BCUT2D eigenvalue weighted by Gasteiger charge is -2.42. The van der Waals surface area contributed by atoms with E-state index in [0.29, 0.717) is 0 Å². The predicted molar refractivity (Wildman–Crippen MR) is 107 cm³/mol. The number of carboxylic acids is 1. The third kappa shape index (κ3) is 3.94. The van der Waals surface area contributed by atoms with Gasteiger partial charge in [-0.3, -0.25) is 4.79 Å². The number of nitrogens with zero attached hydrogens (tertiary/aromatic N) is 1. The molecule has 0 aliphatic carbocycles. The number of carboxylic acid groups (broad SMARTS) is 1. The van der Waals surface area contributed by atoms with E-state index in [9.17, 15) is 23.7 Å². The summed E-state index contributed by atoms with van der Waals surface area (Å²) in [5.74, 6) is -2.84. The van der Waals surface area contributed by atoms with Gasteiger partial charge < -0.3 is 14.7 Å². The summed E-state index contributed by atoms with van der Waals surface area (Å²) in [5.41, 5.74) is -0.311. The van der Waals surface area contributed by atoms with Gasteiger partial charge in [0.25, 0.3) is 0 Å². The minimum Gasteiger partial charge on any atom is -0.477 e. The van der Waals surface area contributed by atoms with E-state index in [1.165, 1.54) is 31.4 Å². The SMILES string of the molecule is COC(=O)C=CCC1C(=O)N2C(C(=O)O)=C(S(=O)c3cc(Cl)c(Cl)cc3Cl)CC12. The second-order valence-electron chi connectivity index (χ2n) is 6.29. The van der Waals surface area contributed by atoms with E-state index in [0.717, 1.165) is 4.90 Å². The zero-order valence-electron chi connectivity index (χ0n) is 14.9. The van der Waals surface area contributed by atoms with Gasteiger partial charge in [0.15, 0.2) is 0 Å². The highest BCUT2D eigenvalue weighted by Gasteiger charge is 2.55. The Morgan fingerprint density at radius 3 is 2.55 bits per heavy atom. The normalized spacial score (nSPS) is 21.9. The Morgan fingerprint density at radius 2 is 1.93 bits per heavy atom. The molecule has 154 valence electrons. The highest BCUT2D eigenvalue weighted by atomic mass is 35.5. The molecule has 3 rings (SSSR count). The Labute approximate surface area is 183 Å². The van der Waals surface area contributed by atoms with Gasteiger partial charge in [-0.2, -0.15) is 0 Å². The molecule has 2 aliphatic heterocycles. The van der Waals surface area contributed by atoms with Gasteiger partial charge >= 0.3 is 11.9 Å². The number of halogens is 3. The second-order valence-corrected chi connectivity index (χ2v) is 8.98. The first-order chi connectivity index (χ1) is 13.7. The van der Waals surface area contributed by atoms with Gasteiger partial charge in [-0.1, -0.05) is 40.9 Å². The Hall–Kier alpha value is -1.87. The molecule has 2 aliphatic rings. The number of aliphatic carboxylic acids is 1. The molecule has 29 heavy (non-hydrogen) atoms. The number of carbonyl (C=O) groups is 3. The van der Waals surface area contributed by atoms with Crippen molar-refractivity contribution < 1.29 is 28.4 Å². The summed E-state index contributed by atoms with van der Waals surface area (Å²) in [6, 6.07) is 2.19. The molecule has 2 heterocycles. The fraction of sp³-hybridized carbons (Fsp3) is 0.278. The van der Waals surface area contributed by atoms with E-state index >= 15 is 0 Å². The fourth-order valence-electron chi connectivity index (χ4n) is 3.34. The molecule has 1 fully saturated rings. The van der Waals surface area contributed by atoms with Crippen molar-refractivity contribution in [3.8, 4) is 0 Å². The van der Waals surface area contributed by atoms with Gasteiger partial charge in [0.1, 0.15) is 5.70 Å². The maximum absolute atomic E-state index is 13.1. The minimum atomic E-state index is -1.95. The quantitative estimate of drug-likeness (QED) is 0.291. The molecule has 0 radical (unpaired) electrons. The van der Waals surface area contributed by atoms with Crippen molar-refractivity contribution in [2.45, 2.75) is 23.8 Å². The maximum Gasteiger partial charge on any atom is 0.353 e. The topological polar surface area (TPSA) is 101 Å². The fourth-order valence-corrected chi connectivity index (χ4v) is 5.57. The number of amides is 1. The summed E-state index contributed by atoms with van der Waals surface area (Å²) < 4.78 is 17.6. The van der Waals surface area contributed by atoms with Crippen LogP contribution in [0, 0.1) is 5.92 Å². The van der Waals surface area contributed by atoms with E-state index in [1.54, 1.807) is 0 Å². The van der Waals surface area contributed by atoms with Gasteiger partial charge in [0, 0.05) is 12.5 Å². The molecule has 0 aromatic heterocycles. The van der Waals surface area contributed by atoms with Crippen molar-refractivity contribution in [1.29, 1.82) is 0 Å². The molecule has 3 atom stereocenters. The zero-order valence-corrected chi connectivity index (χ0v) is 17.9. The van der Waals surface area contributed by atoms with Crippen LogP contribution in [0.5, 0.6) is 0 Å². The van der Waals surface area contributed by atoms with E-state index in [2.05, 4.69) is 4.74 Å². The average molecular weight is 479 g/mol. The molecule has 1 saturated heterocycles. The van der Waals surface area contributed by atoms with Gasteiger partial charge in [-0.15, -0.1) is 0 Å². The van der Waals surface area contributed by atoms with Crippen LogP contribution in [0.3, 0.4) is 0 Å². The van der Waals surface area contributed by atoms with Crippen LogP contribution in [0.1, 0.15) is 12.8 Å². The standard InChI is InChI=1S/C18H14Cl3NO6S/c1-28-15(23)4-2-3-8-12-7-14(16(18(25)26)22(12)17(8)24)29(27)13-6-10(20)9(19)5-11(13)21/h2,4-6,8,12H,3,7H2,1H3,(H,25,26). The summed E-state index contributed by atoms with van der Waals surface area (Å²) in [5, 5.41) is 9.99. The van der Waals surface area contributed by atoms with Crippen LogP contribution in [0.2, 0.25) is 15.1 Å². The first-order valence-corrected chi connectivity index (χ1v) is 10.6. The number of hydrogen-bond acceptors (Lipinski definition) is 5. The van der Waals surface area contributed by atoms with E-state index < -0.39 is 40.6 Å². The molecule has 11 heteroatoms. The predicted octanol–water partition coefficient (Wildman–Crippen LogP) is 3.40. The number of benzene rings is 1. The van der Waals surface area contributed by atoms with E-state index in [1.807, 2.05) is 0 Å². The van der Waals surface area contributed by atoms with Crippen LogP contribution in [-0.2, 0) is 29.9 Å². The summed E-state index contributed by atoms with van der Waals surface area (Å²) in [7, 11) is -0.713. The molecule has 1 aromatic rings. The minimum absolute atomic E-state index is 0.0770. The van der Waals surface area contributed by atoms with Crippen LogP contribution in [0.4, 0.5) is 0 Å². The van der Waals surface area contributed by atoms with Crippen molar-refractivity contribution in [2.24, 2.45) is 5.92 Å². The smallest absolute Gasteiger partial charge is 0.353 e. The van der Waals surface area contributed by atoms with Gasteiger partial charge in [-0.25, -0.2) is 13.8 Å². The molecular weight excluding hydrogens is 465 g/mol. The maximum atomic E-state index is 13.1. The third-order valence-electron chi connectivity index (χ3n) is 4.70. The molecule has 3 unspecified atom stereocenters. The highest BCUT2D eigenvalue weighted by Crippen LogP contribution is 2.46. The Bertz CT molecular complexity index is 1010. The molecule has 7 nitrogen and oxygen atoms in total.